The molecule has 0 radical (unpaired) electrons. The number of benzene rings is 1. The fraction of sp³-hybridized carbons (Fsp3) is 0.556. The van der Waals surface area contributed by atoms with Crippen LogP contribution in [0.5, 0.6) is 0 Å². The van der Waals surface area contributed by atoms with Gasteiger partial charge in [0.05, 0.1) is 12.2 Å². The molecule has 0 aromatic heterocycles. The second-order valence-corrected chi connectivity index (χ2v) is 7.18. The topological polar surface area (TPSA) is 40.5 Å². The molecule has 0 spiro atoms. The van der Waals surface area contributed by atoms with E-state index >= 15 is 0 Å². The first-order valence-corrected chi connectivity index (χ1v) is 7.51. The van der Waals surface area contributed by atoms with Gasteiger partial charge in [0, 0.05) is 11.3 Å². The highest BCUT2D eigenvalue weighted by Gasteiger charge is 2.57. The van der Waals surface area contributed by atoms with E-state index in [2.05, 4.69) is 32.9 Å². The Kier molecular flexibility index (Phi) is 3.07. The van der Waals surface area contributed by atoms with E-state index in [9.17, 15) is 10.2 Å². The molecular weight excluding hydrogens is 248 g/mol. The highest BCUT2D eigenvalue weighted by atomic mass is 16.3. The molecule has 108 valence electrons. The number of aliphatic hydroxyl groups excluding tert-OH is 2. The van der Waals surface area contributed by atoms with Gasteiger partial charge in [-0.05, 0) is 23.8 Å². The van der Waals surface area contributed by atoms with Crippen LogP contribution in [0.25, 0.3) is 0 Å². The van der Waals surface area contributed by atoms with Crippen LogP contribution in [0.3, 0.4) is 0 Å². The molecule has 3 rings (SSSR count). The van der Waals surface area contributed by atoms with E-state index in [1.165, 1.54) is 5.57 Å². The van der Waals surface area contributed by atoms with Gasteiger partial charge in [0.1, 0.15) is 0 Å². The molecule has 0 heterocycles. The Bertz CT molecular complexity index is 532. The van der Waals surface area contributed by atoms with E-state index in [4.69, 9.17) is 0 Å². The highest BCUT2D eigenvalue weighted by Crippen LogP contribution is 2.61. The summed E-state index contributed by atoms with van der Waals surface area (Å²) in [4.78, 5) is 0. The van der Waals surface area contributed by atoms with Crippen molar-refractivity contribution >= 4 is 0 Å². The fourth-order valence-corrected chi connectivity index (χ4v) is 4.45. The van der Waals surface area contributed by atoms with Crippen molar-refractivity contribution in [2.24, 2.45) is 10.8 Å². The predicted molar refractivity (Wildman–Crippen MR) is 80.4 cm³/mol. The summed E-state index contributed by atoms with van der Waals surface area (Å²) >= 11 is 0. The lowest BCUT2D eigenvalue weighted by molar-refractivity contribution is -0.0163. The average Bonchev–Trinajstić information content (AvgIpc) is 2.70. The van der Waals surface area contributed by atoms with E-state index in [-0.39, 0.29) is 22.9 Å². The van der Waals surface area contributed by atoms with E-state index in [0.717, 1.165) is 18.4 Å². The smallest absolute Gasteiger partial charge is 0.0801 e. The molecule has 2 aliphatic rings. The molecule has 2 nitrogen and oxygen atoms in total. The van der Waals surface area contributed by atoms with Gasteiger partial charge in [-0.25, -0.2) is 0 Å². The third kappa shape index (κ3) is 1.78. The summed E-state index contributed by atoms with van der Waals surface area (Å²) in [5.74, 6) is -0.0479. The molecule has 20 heavy (non-hydrogen) atoms. The molecule has 1 aromatic carbocycles. The Morgan fingerprint density at radius 1 is 1.05 bits per heavy atom. The van der Waals surface area contributed by atoms with Gasteiger partial charge in [-0.1, -0.05) is 62.8 Å². The maximum atomic E-state index is 10.7. The molecule has 4 atom stereocenters. The lowest BCUT2D eigenvalue weighted by atomic mass is 9.56. The van der Waals surface area contributed by atoms with Gasteiger partial charge >= 0.3 is 0 Å². The molecule has 1 saturated carbocycles. The Morgan fingerprint density at radius 3 is 2.35 bits per heavy atom. The summed E-state index contributed by atoms with van der Waals surface area (Å²) in [6, 6.07) is 10.1. The van der Waals surface area contributed by atoms with Crippen molar-refractivity contribution < 1.29 is 10.2 Å². The molecular formula is C18H24O2. The lowest BCUT2D eigenvalue weighted by Gasteiger charge is -2.49. The van der Waals surface area contributed by atoms with Gasteiger partial charge in [0.15, 0.2) is 0 Å². The van der Waals surface area contributed by atoms with Gasteiger partial charge in [-0.15, -0.1) is 0 Å². The summed E-state index contributed by atoms with van der Waals surface area (Å²) in [5.41, 5.74) is 2.04. The van der Waals surface area contributed by atoms with Crippen LogP contribution in [0.4, 0.5) is 0 Å². The zero-order valence-electron chi connectivity index (χ0n) is 12.5. The van der Waals surface area contributed by atoms with Gasteiger partial charge in [0.25, 0.3) is 0 Å². The minimum absolute atomic E-state index is 0.0479. The monoisotopic (exact) mass is 272 g/mol. The summed E-state index contributed by atoms with van der Waals surface area (Å²) in [5, 5.41) is 21.3. The number of hydrogen-bond acceptors (Lipinski definition) is 2. The number of rotatable bonds is 1. The van der Waals surface area contributed by atoms with Crippen molar-refractivity contribution in [1.29, 1.82) is 0 Å². The zero-order valence-corrected chi connectivity index (χ0v) is 12.5. The Morgan fingerprint density at radius 2 is 1.70 bits per heavy atom. The van der Waals surface area contributed by atoms with Gasteiger partial charge < -0.3 is 10.2 Å². The second-order valence-electron chi connectivity index (χ2n) is 7.18. The average molecular weight is 272 g/mol. The van der Waals surface area contributed by atoms with Crippen LogP contribution in [0.15, 0.2) is 42.0 Å². The molecule has 1 fully saturated rings. The summed E-state index contributed by atoms with van der Waals surface area (Å²) in [6.45, 7) is 6.57. The first kappa shape index (κ1) is 13.8. The minimum Gasteiger partial charge on any atom is -0.392 e. The summed E-state index contributed by atoms with van der Waals surface area (Å²) < 4.78 is 0. The van der Waals surface area contributed by atoms with Gasteiger partial charge in [0.2, 0.25) is 0 Å². The van der Waals surface area contributed by atoms with Crippen LogP contribution in [0, 0.1) is 10.8 Å². The van der Waals surface area contributed by atoms with Crippen LogP contribution >= 0.6 is 0 Å². The number of aliphatic hydroxyl groups is 2. The molecule has 0 aliphatic heterocycles. The van der Waals surface area contributed by atoms with Crippen molar-refractivity contribution in [3.63, 3.8) is 0 Å². The van der Waals surface area contributed by atoms with Crippen LogP contribution in [0.1, 0.15) is 45.1 Å². The molecule has 0 unspecified atom stereocenters. The van der Waals surface area contributed by atoms with E-state index in [0.29, 0.717) is 0 Å². The minimum atomic E-state index is -0.510. The van der Waals surface area contributed by atoms with Gasteiger partial charge in [-0.2, -0.15) is 0 Å². The Hall–Kier alpha value is -1.12. The van der Waals surface area contributed by atoms with Crippen molar-refractivity contribution in [2.45, 2.75) is 51.7 Å². The van der Waals surface area contributed by atoms with Crippen LogP contribution < -0.4 is 0 Å². The molecule has 0 saturated heterocycles. The Labute approximate surface area is 121 Å². The van der Waals surface area contributed by atoms with Crippen LogP contribution in [0.2, 0.25) is 0 Å². The van der Waals surface area contributed by atoms with Gasteiger partial charge in [-0.3, -0.25) is 0 Å². The largest absolute Gasteiger partial charge is 0.392 e. The van der Waals surface area contributed by atoms with Crippen molar-refractivity contribution in [1.82, 2.24) is 0 Å². The van der Waals surface area contributed by atoms with Crippen molar-refractivity contribution in [3.05, 3.63) is 47.5 Å². The highest BCUT2D eigenvalue weighted by molar-refractivity contribution is 5.41. The predicted octanol–water partition coefficient (Wildman–Crippen LogP) is 3.26. The number of fused-ring (bicyclic) bond motifs is 1. The lowest BCUT2D eigenvalue weighted by Crippen LogP contribution is -2.46. The molecule has 2 aliphatic carbocycles. The van der Waals surface area contributed by atoms with Crippen molar-refractivity contribution in [2.75, 3.05) is 0 Å². The third-order valence-electron chi connectivity index (χ3n) is 5.53. The summed E-state index contributed by atoms with van der Waals surface area (Å²) in [6.07, 6.45) is 2.88. The van der Waals surface area contributed by atoms with E-state index < -0.39 is 6.10 Å². The SMILES string of the molecule is CC1(C)CC[C@H](O)[C@]2(C)C1=C[C@H](O)[C@H]2c1ccccc1. The molecule has 2 N–H and O–H groups in total. The molecule has 0 bridgehead atoms. The molecule has 1 aromatic rings. The van der Waals surface area contributed by atoms with Crippen LogP contribution in [-0.4, -0.2) is 22.4 Å². The maximum absolute atomic E-state index is 10.7. The Balaban J connectivity index is 2.11. The maximum Gasteiger partial charge on any atom is 0.0801 e. The first-order chi connectivity index (χ1) is 9.37. The van der Waals surface area contributed by atoms with Crippen molar-refractivity contribution in [3.8, 4) is 0 Å². The molecule has 0 amide bonds. The zero-order chi connectivity index (χ0) is 14.5. The van der Waals surface area contributed by atoms with E-state index in [1.807, 2.05) is 24.3 Å². The van der Waals surface area contributed by atoms with Crippen LogP contribution in [-0.2, 0) is 0 Å². The molecule has 2 heteroatoms. The normalized spacial score (nSPS) is 39.2. The third-order valence-corrected chi connectivity index (χ3v) is 5.53. The first-order valence-electron chi connectivity index (χ1n) is 7.51. The fourth-order valence-electron chi connectivity index (χ4n) is 4.45. The number of hydrogen-bond donors (Lipinski definition) is 2. The standard InChI is InChI=1S/C18H24O2/c1-17(2)10-9-15(20)18(3)14(17)11-13(19)16(18)12-7-5-4-6-8-12/h4-8,11,13,15-16,19-20H,9-10H2,1-3H3/t13-,15-,16+,18-/m0/s1. The van der Waals surface area contributed by atoms with E-state index in [1.54, 1.807) is 0 Å². The summed E-state index contributed by atoms with van der Waals surface area (Å²) in [7, 11) is 0. The second kappa shape index (κ2) is 4.44. The quantitative estimate of drug-likeness (QED) is 0.770.